The molecule has 0 radical (unpaired) electrons. The highest BCUT2D eigenvalue weighted by Crippen LogP contribution is 2.25. The molecule has 1 aromatic heterocycles. The van der Waals surface area contributed by atoms with Crippen LogP contribution in [-0.4, -0.2) is 54.2 Å². The van der Waals surface area contributed by atoms with E-state index in [1.165, 1.54) is 39.5 Å². The van der Waals surface area contributed by atoms with Gasteiger partial charge in [0.1, 0.15) is 0 Å². The predicted molar refractivity (Wildman–Crippen MR) is 114 cm³/mol. The minimum atomic E-state index is -3.51. The molecule has 0 unspecified atom stereocenters. The van der Waals surface area contributed by atoms with Crippen molar-refractivity contribution < 1.29 is 13.2 Å². The molecule has 0 aliphatic carbocycles. The number of amides is 1. The second-order valence-electron chi connectivity index (χ2n) is 5.49. The minimum absolute atomic E-state index is 0.176. The monoisotopic (exact) mass is 441 g/mol. The molecule has 2 N–H and O–H groups in total. The molecular formula is C17H23N5O3S3. The van der Waals surface area contributed by atoms with Crippen molar-refractivity contribution in [3.63, 3.8) is 0 Å². The lowest BCUT2D eigenvalue weighted by Crippen LogP contribution is -2.30. The molecule has 2 aromatic rings. The van der Waals surface area contributed by atoms with Gasteiger partial charge in [0.25, 0.3) is 0 Å². The Labute approximate surface area is 173 Å². The number of carbonyl (C=O) groups is 1. The fourth-order valence-corrected chi connectivity index (χ4v) is 5.26. The number of nitrogens with zero attached hydrogens (tertiary/aromatic N) is 3. The van der Waals surface area contributed by atoms with Crippen LogP contribution in [0.4, 0.5) is 10.8 Å². The molecule has 0 fully saturated rings. The van der Waals surface area contributed by atoms with Gasteiger partial charge in [0.2, 0.25) is 21.1 Å². The third kappa shape index (κ3) is 6.03. The van der Waals surface area contributed by atoms with Crippen molar-refractivity contribution >= 4 is 49.8 Å². The molecule has 11 heteroatoms. The molecule has 28 heavy (non-hydrogen) atoms. The third-order valence-electron chi connectivity index (χ3n) is 3.61. The van der Waals surface area contributed by atoms with Crippen LogP contribution >= 0.6 is 23.1 Å². The van der Waals surface area contributed by atoms with Gasteiger partial charge in [-0.3, -0.25) is 4.79 Å². The Morgan fingerprint density at radius 3 is 2.54 bits per heavy atom. The average molecular weight is 442 g/mol. The van der Waals surface area contributed by atoms with E-state index in [1.54, 1.807) is 32.1 Å². The number of anilines is 2. The largest absolute Gasteiger partial charge is 0.357 e. The van der Waals surface area contributed by atoms with Gasteiger partial charge in [-0.25, -0.2) is 8.42 Å². The molecule has 0 saturated carbocycles. The van der Waals surface area contributed by atoms with Crippen LogP contribution in [-0.2, 0) is 14.8 Å². The molecule has 152 valence electrons. The lowest BCUT2D eigenvalue weighted by molar-refractivity contribution is -0.113. The van der Waals surface area contributed by atoms with Crippen molar-refractivity contribution in [2.24, 2.45) is 0 Å². The van der Waals surface area contributed by atoms with Gasteiger partial charge in [0.05, 0.1) is 10.6 Å². The van der Waals surface area contributed by atoms with E-state index in [0.717, 1.165) is 0 Å². The smallest absolute Gasteiger partial charge is 0.243 e. The van der Waals surface area contributed by atoms with Crippen LogP contribution in [0.25, 0.3) is 0 Å². The molecule has 1 heterocycles. The van der Waals surface area contributed by atoms with Crippen molar-refractivity contribution in [3.8, 4) is 0 Å². The Morgan fingerprint density at radius 2 is 1.93 bits per heavy atom. The molecule has 0 atom stereocenters. The fourth-order valence-electron chi connectivity index (χ4n) is 2.25. The second-order valence-corrected chi connectivity index (χ2v) is 9.63. The van der Waals surface area contributed by atoms with Crippen LogP contribution in [0.15, 0.2) is 46.2 Å². The van der Waals surface area contributed by atoms with Crippen molar-refractivity contribution in [1.29, 1.82) is 0 Å². The average Bonchev–Trinajstić information content (AvgIpc) is 3.14. The van der Waals surface area contributed by atoms with Crippen LogP contribution < -0.4 is 10.6 Å². The molecule has 2 rings (SSSR count). The molecule has 1 amide bonds. The minimum Gasteiger partial charge on any atom is -0.357 e. The molecule has 8 nitrogen and oxygen atoms in total. The predicted octanol–water partition coefficient (Wildman–Crippen LogP) is 2.90. The maximum atomic E-state index is 12.5. The summed E-state index contributed by atoms with van der Waals surface area (Å²) in [5.41, 5.74) is 0.537. The van der Waals surface area contributed by atoms with Crippen LogP contribution in [0.3, 0.4) is 0 Å². The molecule has 1 aromatic carbocycles. The van der Waals surface area contributed by atoms with Gasteiger partial charge in [-0.2, -0.15) is 4.31 Å². The number of nitrogens with one attached hydrogen (secondary N) is 2. The maximum absolute atomic E-state index is 12.5. The Kier molecular flexibility index (Phi) is 8.42. The Bertz CT molecular complexity index is 893. The summed E-state index contributed by atoms with van der Waals surface area (Å²) in [6, 6.07) is 6.17. The van der Waals surface area contributed by atoms with Crippen LogP contribution in [0.5, 0.6) is 0 Å². The summed E-state index contributed by atoms with van der Waals surface area (Å²) in [7, 11) is -3.51. The van der Waals surface area contributed by atoms with Gasteiger partial charge in [0.15, 0.2) is 4.34 Å². The number of carbonyl (C=O) groups excluding carboxylic acids is 1. The normalized spacial score (nSPS) is 11.4. The van der Waals surface area contributed by atoms with Gasteiger partial charge < -0.3 is 10.6 Å². The van der Waals surface area contributed by atoms with Crippen LogP contribution in [0.1, 0.15) is 13.8 Å². The van der Waals surface area contributed by atoms with Crippen molar-refractivity contribution in [2.45, 2.75) is 23.1 Å². The first-order valence-electron chi connectivity index (χ1n) is 8.61. The van der Waals surface area contributed by atoms with Crippen molar-refractivity contribution in [3.05, 3.63) is 36.9 Å². The van der Waals surface area contributed by atoms with Gasteiger partial charge >= 0.3 is 0 Å². The molecule has 0 bridgehead atoms. The number of hydrogen-bond donors (Lipinski definition) is 2. The number of rotatable bonds is 11. The highest BCUT2D eigenvalue weighted by molar-refractivity contribution is 8.01. The van der Waals surface area contributed by atoms with Gasteiger partial charge in [0, 0.05) is 25.3 Å². The third-order valence-corrected chi connectivity index (χ3v) is 7.69. The van der Waals surface area contributed by atoms with E-state index < -0.39 is 10.0 Å². The molecular weight excluding hydrogens is 418 g/mol. The number of benzene rings is 1. The Hall–Kier alpha value is -1.95. The summed E-state index contributed by atoms with van der Waals surface area (Å²) >= 11 is 2.65. The first-order valence-corrected chi connectivity index (χ1v) is 11.9. The van der Waals surface area contributed by atoms with Gasteiger partial charge in [-0.05, 0) is 24.3 Å². The topological polar surface area (TPSA) is 104 Å². The highest BCUT2D eigenvalue weighted by Gasteiger charge is 2.21. The second kappa shape index (κ2) is 10.6. The van der Waals surface area contributed by atoms with Gasteiger partial charge in [-0.15, -0.1) is 16.8 Å². The SMILES string of the molecule is C=CCNc1nnc(SCC(=O)Nc2ccc(S(=O)(=O)N(CC)CC)cc2)s1. The fraction of sp³-hybridized carbons (Fsp3) is 0.353. The lowest BCUT2D eigenvalue weighted by Gasteiger charge is -2.18. The Balaban J connectivity index is 1.90. The summed E-state index contributed by atoms with van der Waals surface area (Å²) in [5.74, 6) is -0.0320. The first kappa shape index (κ1) is 22.3. The molecule has 0 aliphatic heterocycles. The quantitative estimate of drug-likeness (QED) is 0.408. The van der Waals surface area contributed by atoms with Crippen molar-refractivity contribution in [2.75, 3.05) is 36.0 Å². The van der Waals surface area contributed by atoms with E-state index in [1.807, 2.05) is 0 Å². The maximum Gasteiger partial charge on any atom is 0.243 e. The zero-order chi connectivity index (χ0) is 20.6. The van der Waals surface area contributed by atoms with E-state index in [4.69, 9.17) is 0 Å². The van der Waals surface area contributed by atoms with E-state index in [9.17, 15) is 13.2 Å². The summed E-state index contributed by atoms with van der Waals surface area (Å²) < 4.78 is 27.0. The van der Waals surface area contributed by atoms with E-state index in [0.29, 0.717) is 34.8 Å². The Morgan fingerprint density at radius 1 is 1.25 bits per heavy atom. The molecule has 0 aliphatic rings. The van der Waals surface area contributed by atoms with E-state index in [-0.39, 0.29) is 16.6 Å². The van der Waals surface area contributed by atoms with E-state index >= 15 is 0 Å². The van der Waals surface area contributed by atoms with E-state index in [2.05, 4.69) is 27.4 Å². The summed E-state index contributed by atoms with van der Waals surface area (Å²) in [6.07, 6.45) is 1.72. The summed E-state index contributed by atoms with van der Waals surface area (Å²) in [4.78, 5) is 12.3. The zero-order valence-corrected chi connectivity index (χ0v) is 18.2. The highest BCUT2D eigenvalue weighted by atomic mass is 32.2. The number of sulfonamides is 1. The summed E-state index contributed by atoms with van der Waals surface area (Å²) in [6.45, 7) is 8.62. The molecule has 0 spiro atoms. The zero-order valence-electron chi connectivity index (χ0n) is 15.7. The van der Waals surface area contributed by atoms with Crippen LogP contribution in [0, 0.1) is 0 Å². The lowest BCUT2D eigenvalue weighted by atomic mass is 10.3. The van der Waals surface area contributed by atoms with Crippen LogP contribution in [0.2, 0.25) is 0 Å². The number of hydrogen-bond acceptors (Lipinski definition) is 8. The first-order chi connectivity index (χ1) is 13.4. The number of thioether (sulfide) groups is 1. The van der Waals surface area contributed by atoms with Gasteiger partial charge in [-0.1, -0.05) is 43.0 Å². The van der Waals surface area contributed by atoms with Crippen molar-refractivity contribution in [1.82, 2.24) is 14.5 Å². The summed E-state index contributed by atoms with van der Waals surface area (Å²) in [5, 5.41) is 14.4. The molecule has 0 saturated heterocycles. The standard InChI is InChI=1S/C17H23N5O3S3/c1-4-11-18-16-20-21-17(27-16)26-12-15(23)19-13-7-9-14(10-8-13)28(24,25)22(5-2)6-3/h4,7-10H,1,5-6,11-12H2,2-3H3,(H,18,20)(H,19,23). The number of aromatic nitrogens is 2.